The fraction of sp³-hybridized carbons (Fsp3) is 0.400. The van der Waals surface area contributed by atoms with Crippen molar-refractivity contribution >= 4 is 11.8 Å². The number of nitriles is 1. The molecular weight excluding hydrogens is 306 g/mol. The third-order valence-electron chi connectivity index (χ3n) is 3.55. The summed E-state index contributed by atoms with van der Waals surface area (Å²) in [6, 6.07) is 4.35. The van der Waals surface area contributed by atoms with Gasteiger partial charge in [-0.15, -0.1) is 0 Å². The first-order valence-electron chi connectivity index (χ1n) is 6.99. The fourth-order valence-electron chi connectivity index (χ4n) is 2.09. The van der Waals surface area contributed by atoms with Gasteiger partial charge in [0.2, 0.25) is 5.91 Å². The van der Waals surface area contributed by atoms with Crippen LogP contribution in [0.4, 0.5) is 8.78 Å². The quantitative estimate of drug-likeness (QED) is 0.791. The van der Waals surface area contributed by atoms with Gasteiger partial charge in [-0.05, 0) is 31.4 Å². The van der Waals surface area contributed by atoms with Gasteiger partial charge in [0, 0.05) is 19.0 Å². The number of halogens is 2. The van der Waals surface area contributed by atoms with Crippen LogP contribution < -0.4 is 11.1 Å². The van der Waals surface area contributed by atoms with Crippen molar-refractivity contribution in [2.24, 2.45) is 5.73 Å². The van der Waals surface area contributed by atoms with Crippen LogP contribution in [0.15, 0.2) is 18.3 Å². The van der Waals surface area contributed by atoms with E-state index in [0.29, 0.717) is 12.8 Å². The number of hydrogen-bond acceptors (Lipinski definition) is 4. The predicted octanol–water partition coefficient (Wildman–Crippen LogP) is 1.43. The van der Waals surface area contributed by atoms with Crippen molar-refractivity contribution in [2.45, 2.75) is 37.1 Å². The first kappa shape index (κ1) is 16.8. The van der Waals surface area contributed by atoms with Gasteiger partial charge in [-0.25, -0.2) is 8.78 Å². The summed E-state index contributed by atoms with van der Waals surface area (Å²) in [6.07, 6.45) is 2.52. The van der Waals surface area contributed by atoms with Crippen LogP contribution in [0.5, 0.6) is 0 Å². The average Bonchev–Trinajstić information content (AvgIpc) is 3.27. The van der Waals surface area contributed by atoms with Crippen molar-refractivity contribution in [2.75, 3.05) is 0 Å². The molecule has 8 heteroatoms. The number of aromatic nitrogens is 1. The Balaban J connectivity index is 1.93. The Labute approximate surface area is 131 Å². The Morgan fingerprint density at radius 2 is 2.22 bits per heavy atom. The van der Waals surface area contributed by atoms with Crippen LogP contribution in [-0.4, -0.2) is 22.3 Å². The third-order valence-corrected chi connectivity index (χ3v) is 3.55. The van der Waals surface area contributed by atoms with E-state index in [9.17, 15) is 18.4 Å². The summed E-state index contributed by atoms with van der Waals surface area (Å²) in [5, 5.41) is 11.3. The largest absolute Gasteiger partial charge is 0.364 e. The standard InChI is InChI=1S/C15H15F2N4O2/c16-15(17,10-3-2-8-20-12(10)13(19)23)5-1-4-11(22)21-14(9-18)6-7-14/h2-4,8H,1,5-7H2,(H2,19,23)(H,21,22). The van der Waals surface area contributed by atoms with Gasteiger partial charge in [-0.3, -0.25) is 14.6 Å². The summed E-state index contributed by atoms with van der Waals surface area (Å²) in [6.45, 7) is 0. The van der Waals surface area contributed by atoms with Gasteiger partial charge in [-0.2, -0.15) is 5.26 Å². The molecule has 0 unspecified atom stereocenters. The Morgan fingerprint density at radius 3 is 2.78 bits per heavy atom. The second kappa shape index (κ2) is 6.28. The average molecular weight is 321 g/mol. The Kier molecular flexibility index (Phi) is 4.59. The lowest BCUT2D eigenvalue weighted by atomic mass is 10.0. The van der Waals surface area contributed by atoms with Crippen molar-refractivity contribution in [3.63, 3.8) is 0 Å². The minimum Gasteiger partial charge on any atom is -0.364 e. The molecule has 0 bridgehead atoms. The molecule has 2 rings (SSSR count). The molecule has 1 aliphatic rings. The molecule has 121 valence electrons. The molecule has 0 aliphatic heterocycles. The Morgan fingerprint density at radius 1 is 1.52 bits per heavy atom. The fourth-order valence-corrected chi connectivity index (χ4v) is 2.09. The smallest absolute Gasteiger partial charge is 0.275 e. The van der Waals surface area contributed by atoms with Crippen LogP contribution in [-0.2, 0) is 10.7 Å². The molecule has 1 aromatic heterocycles. The number of nitrogens with one attached hydrogen (secondary N) is 1. The normalized spacial score (nSPS) is 15.5. The van der Waals surface area contributed by atoms with Crippen LogP contribution in [0.3, 0.4) is 0 Å². The first-order chi connectivity index (χ1) is 10.8. The number of hydrogen-bond donors (Lipinski definition) is 2. The highest BCUT2D eigenvalue weighted by Crippen LogP contribution is 2.36. The molecule has 1 aromatic rings. The molecule has 23 heavy (non-hydrogen) atoms. The van der Waals surface area contributed by atoms with Crippen LogP contribution in [0.2, 0.25) is 0 Å². The zero-order valence-corrected chi connectivity index (χ0v) is 12.2. The molecule has 0 atom stereocenters. The summed E-state index contributed by atoms with van der Waals surface area (Å²) in [4.78, 5) is 26.4. The van der Waals surface area contributed by atoms with E-state index in [1.54, 1.807) is 0 Å². The molecule has 1 radical (unpaired) electrons. The van der Waals surface area contributed by atoms with Crippen molar-refractivity contribution in [3.05, 3.63) is 36.0 Å². The maximum absolute atomic E-state index is 14.2. The number of carbonyl (C=O) groups excluding carboxylic acids is 2. The summed E-state index contributed by atoms with van der Waals surface area (Å²) < 4.78 is 28.4. The van der Waals surface area contributed by atoms with E-state index < -0.39 is 41.0 Å². The highest BCUT2D eigenvalue weighted by atomic mass is 19.3. The molecule has 1 heterocycles. The molecule has 3 N–H and O–H groups in total. The molecule has 0 saturated heterocycles. The van der Waals surface area contributed by atoms with Crippen LogP contribution in [0.25, 0.3) is 0 Å². The molecule has 2 amide bonds. The lowest BCUT2D eigenvalue weighted by Crippen LogP contribution is -2.35. The number of pyridine rings is 1. The second-order valence-corrected chi connectivity index (χ2v) is 5.39. The number of nitrogens with two attached hydrogens (primary N) is 1. The lowest BCUT2D eigenvalue weighted by Gasteiger charge is -2.18. The summed E-state index contributed by atoms with van der Waals surface area (Å²) in [5.74, 6) is -4.94. The molecule has 1 saturated carbocycles. The van der Waals surface area contributed by atoms with Crippen molar-refractivity contribution in [3.8, 4) is 6.07 Å². The number of primary amides is 1. The summed E-state index contributed by atoms with van der Waals surface area (Å²) in [7, 11) is 0. The van der Waals surface area contributed by atoms with Gasteiger partial charge in [0.05, 0.1) is 11.6 Å². The van der Waals surface area contributed by atoms with E-state index in [2.05, 4.69) is 10.3 Å². The minimum absolute atomic E-state index is 0.215. The van der Waals surface area contributed by atoms with E-state index in [1.807, 2.05) is 6.07 Å². The SMILES string of the molecule is N#CC1(NC(=O)[CH]CCC(F)(F)c2cccnc2C(N)=O)CC1. The molecular formula is C15H15F2N4O2. The number of carbonyl (C=O) groups is 2. The van der Waals surface area contributed by atoms with E-state index >= 15 is 0 Å². The zero-order valence-electron chi connectivity index (χ0n) is 12.2. The van der Waals surface area contributed by atoms with E-state index in [-0.39, 0.29) is 6.42 Å². The van der Waals surface area contributed by atoms with Gasteiger partial charge in [-0.1, -0.05) is 0 Å². The summed E-state index contributed by atoms with van der Waals surface area (Å²) >= 11 is 0. The number of nitrogens with zero attached hydrogens (tertiary/aromatic N) is 2. The third kappa shape index (κ3) is 4.00. The maximum atomic E-state index is 14.2. The van der Waals surface area contributed by atoms with Crippen molar-refractivity contribution < 1.29 is 18.4 Å². The summed E-state index contributed by atoms with van der Waals surface area (Å²) in [5.41, 5.74) is 3.17. The molecule has 0 spiro atoms. The zero-order chi connectivity index (χ0) is 17.1. The number of amides is 2. The van der Waals surface area contributed by atoms with Gasteiger partial charge in [0.15, 0.2) is 0 Å². The second-order valence-electron chi connectivity index (χ2n) is 5.39. The number of alkyl halides is 2. The molecule has 1 aliphatic carbocycles. The maximum Gasteiger partial charge on any atom is 0.275 e. The van der Waals surface area contributed by atoms with Gasteiger partial charge < -0.3 is 11.1 Å². The van der Waals surface area contributed by atoms with Crippen molar-refractivity contribution in [1.29, 1.82) is 5.26 Å². The van der Waals surface area contributed by atoms with Crippen LogP contribution >= 0.6 is 0 Å². The van der Waals surface area contributed by atoms with Gasteiger partial charge in [0.1, 0.15) is 11.2 Å². The number of rotatable bonds is 7. The minimum atomic E-state index is -3.35. The van der Waals surface area contributed by atoms with Gasteiger partial charge >= 0.3 is 0 Å². The Bertz CT molecular complexity index is 666. The van der Waals surface area contributed by atoms with Gasteiger partial charge in [0.25, 0.3) is 11.8 Å². The van der Waals surface area contributed by atoms with E-state index in [1.165, 1.54) is 12.3 Å². The molecule has 1 fully saturated rings. The van der Waals surface area contributed by atoms with Crippen LogP contribution in [0.1, 0.15) is 41.7 Å². The predicted molar refractivity (Wildman–Crippen MR) is 75.9 cm³/mol. The topological polar surface area (TPSA) is 109 Å². The highest BCUT2D eigenvalue weighted by Gasteiger charge is 2.44. The van der Waals surface area contributed by atoms with E-state index in [0.717, 1.165) is 12.5 Å². The highest BCUT2D eigenvalue weighted by molar-refractivity contribution is 5.92. The lowest BCUT2D eigenvalue weighted by molar-refractivity contribution is -0.118. The molecule has 0 aromatic carbocycles. The monoisotopic (exact) mass is 321 g/mol. The molecule has 6 nitrogen and oxygen atoms in total. The Hall–Kier alpha value is -2.56. The van der Waals surface area contributed by atoms with Crippen LogP contribution in [0, 0.1) is 17.8 Å². The first-order valence-corrected chi connectivity index (χ1v) is 6.99. The van der Waals surface area contributed by atoms with E-state index in [4.69, 9.17) is 11.0 Å². The van der Waals surface area contributed by atoms with Crippen molar-refractivity contribution in [1.82, 2.24) is 10.3 Å².